The van der Waals surface area contributed by atoms with Crippen LogP contribution in [0.5, 0.6) is 5.75 Å². The lowest BCUT2D eigenvalue weighted by Gasteiger charge is -2.23. The van der Waals surface area contributed by atoms with Crippen molar-refractivity contribution >= 4 is 15.9 Å². The van der Waals surface area contributed by atoms with Crippen LogP contribution in [0.3, 0.4) is 0 Å². The highest BCUT2D eigenvalue weighted by molar-refractivity contribution is 9.10. The number of benzene rings is 1. The van der Waals surface area contributed by atoms with E-state index < -0.39 is 0 Å². The highest BCUT2D eigenvalue weighted by atomic mass is 79.9. The second-order valence-electron chi connectivity index (χ2n) is 4.16. The Balaban J connectivity index is 2.69. The summed E-state index contributed by atoms with van der Waals surface area (Å²) >= 11 is 3.39. The van der Waals surface area contributed by atoms with Gasteiger partial charge in [0, 0.05) is 23.1 Å². The molecular weight excluding hydrogens is 282 g/mol. The minimum absolute atomic E-state index is 0.302. The number of hydrogen-bond donors (Lipinski definition) is 2. The number of phenols is 1. The molecule has 2 N–H and O–H groups in total. The summed E-state index contributed by atoms with van der Waals surface area (Å²) in [5.41, 5.74) is 0.879. The van der Waals surface area contributed by atoms with Gasteiger partial charge in [0.1, 0.15) is 5.75 Å². The van der Waals surface area contributed by atoms with Crippen LogP contribution in [0, 0.1) is 0 Å². The Morgan fingerprint density at radius 3 is 2.65 bits per heavy atom. The van der Waals surface area contributed by atoms with Crippen LogP contribution < -0.4 is 0 Å². The van der Waals surface area contributed by atoms with Gasteiger partial charge in [-0.3, -0.25) is 4.90 Å². The molecule has 0 aromatic heterocycles. The number of aliphatic hydroxyl groups is 1. The largest absolute Gasteiger partial charge is 0.508 e. The first kappa shape index (κ1) is 14.5. The number of nitrogens with zero attached hydrogens (tertiary/aromatic N) is 1. The van der Waals surface area contributed by atoms with E-state index in [4.69, 9.17) is 0 Å². The highest BCUT2D eigenvalue weighted by Gasteiger charge is 2.11. The summed E-state index contributed by atoms with van der Waals surface area (Å²) in [4.78, 5) is 2.12. The van der Waals surface area contributed by atoms with E-state index in [9.17, 15) is 10.2 Å². The molecule has 0 aliphatic heterocycles. The smallest absolute Gasteiger partial charge is 0.120 e. The van der Waals surface area contributed by atoms with Gasteiger partial charge >= 0.3 is 0 Å². The molecule has 0 bridgehead atoms. The second kappa shape index (κ2) is 6.99. The molecule has 1 aromatic carbocycles. The fourth-order valence-corrected chi connectivity index (χ4v) is 2.06. The van der Waals surface area contributed by atoms with E-state index in [-0.39, 0.29) is 6.10 Å². The molecule has 0 saturated heterocycles. The highest BCUT2D eigenvalue weighted by Crippen LogP contribution is 2.23. The van der Waals surface area contributed by atoms with Gasteiger partial charge in [0.05, 0.1) is 6.10 Å². The monoisotopic (exact) mass is 301 g/mol. The van der Waals surface area contributed by atoms with Crippen molar-refractivity contribution in [2.45, 2.75) is 32.9 Å². The summed E-state index contributed by atoms with van der Waals surface area (Å²) < 4.78 is 0.956. The second-order valence-corrected chi connectivity index (χ2v) is 5.08. The van der Waals surface area contributed by atoms with Crippen molar-refractivity contribution in [2.24, 2.45) is 0 Å². The number of aromatic hydroxyl groups is 1. The van der Waals surface area contributed by atoms with Crippen LogP contribution in [-0.2, 0) is 6.54 Å². The first-order valence-corrected chi connectivity index (χ1v) is 6.73. The van der Waals surface area contributed by atoms with Crippen LogP contribution in [-0.4, -0.2) is 34.3 Å². The van der Waals surface area contributed by atoms with E-state index in [1.54, 1.807) is 6.07 Å². The molecule has 0 spiro atoms. The van der Waals surface area contributed by atoms with Crippen LogP contribution in [0.15, 0.2) is 22.7 Å². The maximum Gasteiger partial charge on any atom is 0.120 e. The van der Waals surface area contributed by atoms with Gasteiger partial charge in [-0.25, -0.2) is 0 Å². The van der Waals surface area contributed by atoms with Gasteiger partial charge in [-0.05, 0) is 31.2 Å². The maximum absolute atomic E-state index is 9.76. The fourth-order valence-electron chi connectivity index (χ4n) is 1.65. The Morgan fingerprint density at radius 1 is 1.35 bits per heavy atom. The van der Waals surface area contributed by atoms with Gasteiger partial charge in [-0.2, -0.15) is 0 Å². The molecule has 0 aliphatic carbocycles. The van der Waals surface area contributed by atoms with Crippen molar-refractivity contribution in [2.75, 3.05) is 13.1 Å². The van der Waals surface area contributed by atoms with E-state index in [2.05, 4.69) is 27.8 Å². The molecule has 3 nitrogen and oxygen atoms in total. The van der Waals surface area contributed by atoms with Crippen molar-refractivity contribution in [3.05, 3.63) is 28.2 Å². The molecule has 96 valence electrons. The molecule has 0 aliphatic rings. The zero-order chi connectivity index (χ0) is 12.8. The number of halogens is 1. The molecule has 0 radical (unpaired) electrons. The van der Waals surface area contributed by atoms with Crippen molar-refractivity contribution in [1.29, 1.82) is 0 Å². The van der Waals surface area contributed by atoms with Gasteiger partial charge in [0.25, 0.3) is 0 Å². The average molecular weight is 302 g/mol. The lowest BCUT2D eigenvalue weighted by atomic mass is 10.1. The number of likely N-dealkylation sites (N-methyl/N-ethyl adjacent to an activating group) is 1. The lowest BCUT2D eigenvalue weighted by molar-refractivity contribution is 0.108. The van der Waals surface area contributed by atoms with Crippen LogP contribution in [0.1, 0.15) is 25.8 Å². The quantitative estimate of drug-likeness (QED) is 0.849. The molecule has 1 aromatic rings. The third-order valence-corrected chi connectivity index (χ3v) is 3.32. The average Bonchev–Trinajstić information content (AvgIpc) is 2.32. The van der Waals surface area contributed by atoms with E-state index in [1.807, 2.05) is 19.1 Å². The number of hydrogen-bond acceptors (Lipinski definition) is 3. The zero-order valence-electron chi connectivity index (χ0n) is 10.4. The standard InChI is InChI=1S/C13H20BrNO2/c1-3-12(16)9-15(4-2)8-10-7-11(14)5-6-13(10)17/h5-7,12,16-17H,3-4,8-9H2,1-2H3/t12-/m1/s1. The van der Waals surface area contributed by atoms with E-state index in [1.165, 1.54) is 0 Å². The molecule has 1 rings (SSSR count). The number of aliphatic hydroxyl groups excluding tert-OH is 1. The Bertz CT molecular complexity index is 357. The maximum atomic E-state index is 9.76. The first-order chi connectivity index (χ1) is 8.06. The molecule has 0 fully saturated rings. The Kier molecular flexibility index (Phi) is 5.95. The van der Waals surface area contributed by atoms with E-state index in [0.29, 0.717) is 18.8 Å². The molecule has 0 saturated carbocycles. The molecule has 0 amide bonds. The van der Waals surface area contributed by atoms with Crippen LogP contribution in [0.2, 0.25) is 0 Å². The summed E-state index contributed by atoms with van der Waals surface area (Å²) in [6.45, 7) is 6.16. The number of rotatable bonds is 6. The van der Waals surface area contributed by atoms with Crippen molar-refractivity contribution in [3.63, 3.8) is 0 Å². The lowest BCUT2D eigenvalue weighted by Crippen LogP contribution is -2.31. The Hall–Kier alpha value is -0.580. The number of phenolic OH excluding ortho intramolecular Hbond substituents is 1. The van der Waals surface area contributed by atoms with Crippen molar-refractivity contribution in [1.82, 2.24) is 4.90 Å². The topological polar surface area (TPSA) is 43.7 Å². The minimum atomic E-state index is -0.302. The summed E-state index contributed by atoms with van der Waals surface area (Å²) in [6.07, 6.45) is 0.449. The zero-order valence-corrected chi connectivity index (χ0v) is 11.9. The summed E-state index contributed by atoms with van der Waals surface area (Å²) in [5.74, 6) is 0.303. The molecule has 0 unspecified atom stereocenters. The van der Waals surface area contributed by atoms with Crippen LogP contribution in [0.25, 0.3) is 0 Å². The third-order valence-electron chi connectivity index (χ3n) is 2.82. The SMILES string of the molecule is CC[C@@H](O)CN(CC)Cc1cc(Br)ccc1O. The molecule has 1 atom stereocenters. The molecule has 4 heteroatoms. The molecule has 0 heterocycles. The normalized spacial score (nSPS) is 13.0. The molecule has 17 heavy (non-hydrogen) atoms. The molecular formula is C13H20BrNO2. The Labute approximate surface area is 111 Å². The predicted octanol–water partition coefficient (Wildman–Crippen LogP) is 2.75. The van der Waals surface area contributed by atoms with Gasteiger partial charge in [0.15, 0.2) is 0 Å². The van der Waals surface area contributed by atoms with Gasteiger partial charge < -0.3 is 10.2 Å². The summed E-state index contributed by atoms with van der Waals surface area (Å²) in [7, 11) is 0. The summed E-state index contributed by atoms with van der Waals surface area (Å²) in [6, 6.07) is 5.41. The van der Waals surface area contributed by atoms with E-state index >= 15 is 0 Å². The third kappa shape index (κ3) is 4.66. The van der Waals surface area contributed by atoms with Crippen LogP contribution in [0.4, 0.5) is 0 Å². The summed E-state index contributed by atoms with van der Waals surface area (Å²) in [5, 5.41) is 19.4. The van der Waals surface area contributed by atoms with Crippen LogP contribution >= 0.6 is 15.9 Å². The van der Waals surface area contributed by atoms with E-state index in [0.717, 1.165) is 23.0 Å². The minimum Gasteiger partial charge on any atom is -0.508 e. The Morgan fingerprint density at radius 2 is 2.06 bits per heavy atom. The van der Waals surface area contributed by atoms with Crippen molar-refractivity contribution in [3.8, 4) is 5.75 Å². The fraction of sp³-hybridized carbons (Fsp3) is 0.538. The van der Waals surface area contributed by atoms with Gasteiger partial charge in [-0.1, -0.05) is 29.8 Å². The first-order valence-electron chi connectivity index (χ1n) is 5.94. The van der Waals surface area contributed by atoms with Crippen molar-refractivity contribution < 1.29 is 10.2 Å². The predicted molar refractivity (Wildman–Crippen MR) is 73.1 cm³/mol. The van der Waals surface area contributed by atoms with Gasteiger partial charge in [-0.15, -0.1) is 0 Å². The van der Waals surface area contributed by atoms with Gasteiger partial charge in [0.2, 0.25) is 0 Å².